The first kappa shape index (κ1) is 33.1. The van der Waals surface area contributed by atoms with Gasteiger partial charge in [-0.15, -0.1) is 0 Å². The van der Waals surface area contributed by atoms with Gasteiger partial charge >= 0.3 is 0 Å². The van der Waals surface area contributed by atoms with Crippen molar-refractivity contribution in [3.8, 4) is 22.6 Å². The summed E-state index contributed by atoms with van der Waals surface area (Å²) in [5.41, 5.74) is 5.54. The zero-order valence-corrected chi connectivity index (χ0v) is 29.0. The predicted molar refractivity (Wildman–Crippen MR) is 201 cm³/mol. The fourth-order valence-electron chi connectivity index (χ4n) is 6.57. The van der Waals surface area contributed by atoms with Crippen LogP contribution in [-0.4, -0.2) is 33.3 Å². The Morgan fingerprint density at radius 1 is 0.449 bits per heavy atom. The van der Waals surface area contributed by atoms with Crippen LogP contribution in [0.3, 0.4) is 0 Å². The van der Waals surface area contributed by atoms with E-state index in [0.29, 0.717) is 11.5 Å². The van der Waals surface area contributed by atoms with E-state index >= 15 is 0 Å². The molecule has 4 atom stereocenters. The molecular formula is C43H38O4S2. The Labute approximate surface area is 296 Å². The molecule has 1 aliphatic rings. The van der Waals surface area contributed by atoms with Crippen LogP contribution in [0.2, 0.25) is 0 Å². The molecule has 246 valence electrons. The van der Waals surface area contributed by atoms with Gasteiger partial charge in [0.15, 0.2) is 10.9 Å². The van der Waals surface area contributed by atoms with E-state index < -0.39 is 28.5 Å². The molecule has 2 N–H and O–H groups in total. The Hall–Kier alpha value is -4.46. The maximum absolute atomic E-state index is 10.6. The molecule has 6 heteroatoms. The van der Waals surface area contributed by atoms with Gasteiger partial charge in [0, 0.05) is 9.79 Å². The van der Waals surface area contributed by atoms with Crippen molar-refractivity contribution < 1.29 is 19.7 Å². The molecule has 0 bridgehead atoms. The summed E-state index contributed by atoms with van der Waals surface area (Å²) in [6.07, 6.45) is -1.35. The van der Waals surface area contributed by atoms with E-state index in [4.69, 9.17) is 9.47 Å². The minimum Gasteiger partial charge on any atom is -0.477 e. The van der Waals surface area contributed by atoms with Crippen molar-refractivity contribution in [1.29, 1.82) is 0 Å². The van der Waals surface area contributed by atoms with Gasteiger partial charge in [-0.1, -0.05) is 133 Å². The Balaban J connectivity index is 1.25. The van der Waals surface area contributed by atoms with Gasteiger partial charge in [0.25, 0.3) is 0 Å². The van der Waals surface area contributed by atoms with Gasteiger partial charge < -0.3 is 19.7 Å². The largest absolute Gasteiger partial charge is 0.477 e. The Morgan fingerprint density at radius 2 is 0.796 bits per heavy atom. The quantitative estimate of drug-likeness (QED) is 0.0989. The molecule has 0 saturated carbocycles. The van der Waals surface area contributed by atoms with Crippen LogP contribution in [0.1, 0.15) is 36.1 Å². The highest BCUT2D eigenvalue weighted by Gasteiger charge is 2.46. The first-order chi connectivity index (χ1) is 23.9. The SMILES string of the molecule is CC(O)C(Oc1ccc(C2(c3ccc(OC(Sc4ccccc4)C(C)O)cc3)c3ccccc3-c3ccccc32)cc1)Sc1ccccc1. The minimum atomic E-state index is -0.676. The number of thioether (sulfide) groups is 2. The van der Waals surface area contributed by atoms with Crippen molar-refractivity contribution in [3.63, 3.8) is 0 Å². The average molecular weight is 683 g/mol. The van der Waals surface area contributed by atoms with Crippen LogP contribution in [-0.2, 0) is 5.41 Å². The van der Waals surface area contributed by atoms with E-state index in [0.717, 1.165) is 20.9 Å². The fraction of sp³-hybridized carbons (Fsp3) is 0.163. The Kier molecular flexibility index (Phi) is 9.83. The first-order valence-corrected chi connectivity index (χ1v) is 18.2. The fourth-order valence-corrected chi connectivity index (χ4v) is 8.44. The molecule has 4 unspecified atom stereocenters. The number of fused-ring (bicyclic) bond motifs is 3. The summed E-state index contributed by atoms with van der Waals surface area (Å²) >= 11 is 3.01. The van der Waals surface area contributed by atoms with Gasteiger partial charge in [-0.3, -0.25) is 0 Å². The highest BCUT2D eigenvalue weighted by Crippen LogP contribution is 2.56. The van der Waals surface area contributed by atoms with Crippen LogP contribution >= 0.6 is 23.5 Å². The van der Waals surface area contributed by atoms with Gasteiger partial charge in [-0.05, 0) is 95.8 Å². The average Bonchev–Trinajstić information content (AvgIpc) is 3.44. The molecule has 6 aromatic carbocycles. The molecule has 1 aliphatic carbocycles. The summed E-state index contributed by atoms with van der Waals surface area (Å²) in [4.78, 5) is 2.07. The van der Waals surface area contributed by atoms with Crippen molar-refractivity contribution in [3.05, 3.63) is 180 Å². The zero-order chi connectivity index (χ0) is 33.8. The summed E-state index contributed by atoms with van der Waals surface area (Å²) in [7, 11) is 0. The molecule has 0 spiro atoms. The third-order valence-electron chi connectivity index (χ3n) is 8.81. The smallest absolute Gasteiger partial charge is 0.174 e. The number of benzene rings is 6. The second kappa shape index (κ2) is 14.6. The monoisotopic (exact) mass is 682 g/mol. The maximum atomic E-state index is 10.6. The van der Waals surface area contributed by atoms with Crippen molar-refractivity contribution >= 4 is 23.5 Å². The minimum absolute atomic E-state index is 0.465. The molecule has 49 heavy (non-hydrogen) atoms. The lowest BCUT2D eigenvalue weighted by Crippen LogP contribution is -2.29. The lowest BCUT2D eigenvalue weighted by molar-refractivity contribution is 0.101. The second-order valence-electron chi connectivity index (χ2n) is 12.2. The highest BCUT2D eigenvalue weighted by molar-refractivity contribution is 8.00. The zero-order valence-electron chi connectivity index (χ0n) is 27.3. The summed E-state index contributed by atoms with van der Waals surface area (Å²) in [6, 6.07) is 53.9. The molecule has 0 amide bonds. The third-order valence-corrected chi connectivity index (χ3v) is 11.3. The number of aliphatic hydroxyl groups is 2. The molecule has 7 rings (SSSR count). The topological polar surface area (TPSA) is 58.9 Å². The molecule has 0 aromatic heterocycles. The third kappa shape index (κ3) is 6.75. The van der Waals surface area contributed by atoms with Crippen molar-refractivity contribution in [2.24, 2.45) is 0 Å². The van der Waals surface area contributed by atoms with E-state index in [1.165, 1.54) is 45.8 Å². The van der Waals surface area contributed by atoms with Crippen LogP contribution in [0.5, 0.6) is 11.5 Å². The molecule has 6 aromatic rings. The maximum Gasteiger partial charge on any atom is 0.174 e. The Bertz CT molecular complexity index is 1830. The lowest BCUT2D eigenvalue weighted by Gasteiger charge is -2.34. The number of aliphatic hydroxyl groups excluding tert-OH is 2. The van der Waals surface area contributed by atoms with Crippen LogP contribution in [0.4, 0.5) is 0 Å². The summed E-state index contributed by atoms with van der Waals surface area (Å²) in [5, 5.41) is 21.2. The summed E-state index contributed by atoms with van der Waals surface area (Å²) < 4.78 is 12.7. The van der Waals surface area contributed by atoms with Crippen molar-refractivity contribution in [1.82, 2.24) is 0 Å². The number of hydrogen-bond acceptors (Lipinski definition) is 6. The van der Waals surface area contributed by atoms with Crippen LogP contribution in [0, 0.1) is 0 Å². The van der Waals surface area contributed by atoms with Gasteiger partial charge in [-0.2, -0.15) is 0 Å². The summed E-state index contributed by atoms with van der Waals surface area (Å²) in [5.74, 6) is 1.38. The van der Waals surface area contributed by atoms with Crippen LogP contribution < -0.4 is 9.47 Å². The number of ether oxygens (including phenoxy) is 2. The molecule has 4 nitrogen and oxygen atoms in total. The molecule has 0 heterocycles. The van der Waals surface area contributed by atoms with Gasteiger partial charge in [0.1, 0.15) is 11.5 Å². The molecule has 0 aliphatic heterocycles. The van der Waals surface area contributed by atoms with Crippen LogP contribution in [0.25, 0.3) is 11.1 Å². The van der Waals surface area contributed by atoms with Crippen LogP contribution in [0.15, 0.2) is 168 Å². The van der Waals surface area contributed by atoms with Crippen molar-refractivity contribution in [2.45, 2.75) is 52.1 Å². The normalized spacial score (nSPS) is 15.3. The van der Waals surface area contributed by atoms with E-state index in [9.17, 15) is 10.2 Å². The van der Waals surface area contributed by atoms with Gasteiger partial charge in [0.05, 0.1) is 17.6 Å². The van der Waals surface area contributed by atoms with E-state index in [1.54, 1.807) is 13.8 Å². The van der Waals surface area contributed by atoms with E-state index in [2.05, 4.69) is 72.8 Å². The molecule has 0 radical (unpaired) electrons. The van der Waals surface area contributed by atoms with E-state index in [1.807, 2.05) is 84.9 Å². The second-order valence-corrected chi connectivity index (χ2v) is 14.5. The van der Waals surface area contributed by atoms with Gasteiger partial charge in [0.2, 0.25) is 0 Å². The molecule has 0 saturated heterocycles. The van der Waals surface area contributed by atoms with Gasteiger partial charge in [-0.25, -0.2) is 0 Å². The lowest BCUT2D eigenvalue weighted by atomic mass is 9.68. The molecular weight excluding hydrogens is 645 g/mol. The Morgan fingerprint density at radius 3 is 1.16 bits per heavy atom. The standard InChI is InChI=1S/C43H38O4S2/c1-29(44)41(48-35-13-5-3-6-14-35)46-33-25-21-31(22-26-33)43(39-19-11-9-17-37(39)38-18-10-12-20-40(38)43)32-23-27-34(28-24-32)47-42(30(2)45)49-36-15-7-4-8-16-36/h3-30,41-42,44-45H,1-2H3. The number of rotatable bonds is 12. The highest BCUT2D eigenvalue weighted by atomic mass is 32.2. The van der Waals surface area contributed by atoms with E-state index in [-0.39, 0.29) is 0 Å². The molecule has 0 fully saturated rings. The number of hydrogen-bond donors (Lipinski definition) is 2. The first-order valence-electron chi connectivity index (χ1n) is 16.5. The summed E-state index contributed by atoms with van der Waals surface area (Å²) in [6.45, 7) is 3.51. The van der Waals surface area contributed by atoms with Crippen molar-refractivity contribution in [2.75, 3.05) is 0 Å². The predicted octanol–water partition coefficient (Wildman–Crippen LogP) is 9.81.